The molecule has 0 heterocycles. The van der Waals surface area contributed by atoms with Crippen LogP contribution in [0.4, 0.5) is 5.69 Å². The van der Waals surface area contributed by atoms with Gasteiger partial charge in [0.15, 0.2) is 14.6 Å². The van der Waals surface area contributed by atoms with Crippen molar-refractivity contribution in [3.63, 3.8) is 0 Å². The number of carbonyl (C=O) groups excluding carboxylic acids is 1. The minimum Gasteiger partial charge on any atom is -0.271 e. The van der Waals surface area contributed by atoms with Crippen molar-refractivity contribution >= 4 is 31.5 Å². The third-order valence-electron chi connectivity index (χ3n) is 7.84. The zero-order valence-corrected chi connectivity index (χ0v) is 26.6. The predicted octanol–water partition coefficient (Wildman–Crippen LogP) is 7.36. The summed E-state index contributed by atoms with van der Waals surface area (Å²) in [6, 6.07) is 36.9. The van der Waals surface area contributed by atoms with Crippen molar-refractivity contribution in [2.45, 2.75) is 34.3 Å². The van der Waals surface area contributed by atoms with Crippen LogP contribution in [-0.2, 0) is 29.4 Å². The lowest BCUT2D eigenvalue weighted by atomic mass is 9.79. The van der Waals surface area contributed by atoms with Crippen molar-refractivity contribution in [1.29, 1.82) is 0 Å². The van der Waals surface area contributed by atoms with E-state index in [9.17, 15) is 8.42 Å². The maximum Gasteiger partial charge on any atom is 0.270 e. The van der Waals surface area contributed by atoms with Gasteiger partial charge in [-0.1, -0.05) is 120 Å². The standard InChI is InChI=1S/C37H33NO5S2/c1-4-35(30-14-8-5-9-15-30)37(31-16-10-6-11-17-31,44(40,41)33-24-20-28(2)21-25-33)36(39)38(32-18-12-7-13-19-32)45(42,43)34-26-22-29(3)23-27-34/h4-27,35H,1H2,2-3H3/t35-,37-/m0/s1. The number of sulfonamides is 1. The molecule has 1 amide bonds. The van der Waals surface area contributed by atoms with Gasteiger partial charge >= 0.3 is 0 Å². The Balaban J connectivity index is 1.95. The summed E-state index contributed by atoms with van der Waals surface area (Å²) in [5.74, 6) is -2.37. The molecule has 0 saturated carbocycles. The summed E-state index contributed by atoms with van der Waals surface area (Å²) in [5.41, 5.74) is 2.22. The minimum absolute atomic E-state index is 0.00152. The number of hydrogen-bond acceptors (Lipinski definition) is 5. The molecule has 5 aromatic carbocycles. The Labute approximate surface area is 265 Å². The Bertz CT molecular complexity index is 2010. The van der Waals surface area contributed by atoms with E-state index in [1.165, 1.54) is 42.5 Å². The summed E-state index contributed by atoms with van der Waals surface area (Å²) in [5, 5.41) is 0. The van der Waals surface area contributed by atoms with Gasteiger partial charge in [-0.2, -0.15) is 0 Å². The molecule has 6 nitrogen and oxygen atoms in total. The first-order chi connectivity index (χ1) is 21.5. The second kappa shape index (κ2) is 12.7. The van der Waals surface area contributed by atoms with Crippen LogP contribution in [0, 0.1) is 13.8 Å². The molecule has 0 aliphatic rings. The fourth-order valence-corrected chi connectivity index (χ4v) is 9.27. The minimum atomic E-state index is -4.72. The van der Waals surface area contributed by atoms with Crippen LogP contribution in [0.5, 0.6) is 0 Å². The maximum absolute atomic E-state index is 15.6. The normalized spacial score (nSPS) is 13.7. The number of allylic oxidation sites excluding steroid dienone is 1. The van der Waals surface area contributed by atoms with Crippen molar-refractivity contribution in [3.05, 3.63) is 174 Å². The monoisotopic (exact) mass is 635 g/mol. The fraction of sp³-hybridized carbons (Fsp3) is 0.108. The molecule has 0 spiro atoms. The molecule has 0 saturated heterocycles. The zero-order chi connectivity index (χ0) is 32.2. The summed E-state index contributed by atoms with van der Waals surface area (Å²) in [7, 11) is -9.37. The lowest BCUT2D eigenvalue weighted by molar-refractivity contribution is -0.120. The van der Waals surface area contributed by atoms with Gasteiger partial charge in [0, 0.05) is 5.92 Å². The average molecular weight is 636 g/mol. The summed E-state index contributed by atoms with van der Waals surface area (Å²) in [6.45, 7) is 7.66. The highest BCUT2D eigenvalue weighted by molar-refractivity contribution is 7.95. The Kier molecular flexibility index (Phi) is 8.91. The van der Waals surface area contributed by atoms with Gasteiger partial charge in [0.25, 0.3) is 15.9 Å². The van der Waals surface area contributed by atoms with Crippen LogP contribution in [0.1, 0.15) is 28.2 Å². The van der Waals surface area contributed by atoms with Crippen molar-refractivity contribution in [2.24, 2.45) is 0 Å². The van der Waals surface area contributed by atoms with E-state index >= 15 is 13.2 Å². The fourth-order valence-electron chi connectivity index (χ4n) is 5.55. The van der Waals surface area contributed by atoms with E-state index < -0.39 is 36.4 Å². The lowest BCUT2D eigenvalue weighted by Gasteiger charge is -2.41. The number of carbonyl (C=O) groups is 1. The van der Waals surface area contributed by atoms with Crippen LogP contribution in [0.2, 0.25) is 0 Å². The van der Waals surface area contributed by atoms with Crippen LogP contribution < -0.4 is 4.31 Å². The third kappa shape index (κ3) is 5.63. The summed E-state index contributed by atoms with van der Waals surface area (Å²) in [6.07, 6.45) is 1.41. The van der Waals surface area contributed by atoms with Crippen LogP contribution in [0.3, 0.4) is 0 Å². The second-order valence-electron chi connectivity index (χ2n) is 10.8. The van der Waals surface area contributed by atoms with Crippen LogP contribution in [0.15, 0.2) is 162 Å². The molecule has 0 N–H and O–H groups in total. The van der Waals surface area contributed by atoms with Crippen molar-refractivity contribution in [3.8, 4) is 0 Å². The first-order valence-corrected chi connectivity index (χ1v) is 17.2. The molecule has 8 heteroatoms. The van der Waals surface area contributed by atoms with Gasteiger partial charge in [0.2, 0.25) is 0 Å². The predicted molar refractivity (Wildman–Crippen MR) is 178 cm³/mol. The number of anilines is 1. The van der Waals surface area contributed by atoms with E-state index in [0.717, 1.165) is 11.1 Å². The maximum atomic E-state index is 15.6. The van der Waals surface area contributed by atoms with E-state index in [1.807, 2.05) is 13.8 Å². The Morgan fingerprint density at radius 3 is 1.58 bits per heavy atom. The molecule has 0 aliphatic heterocycles. The van der Waals surface area contributed by atoms with Gasteiger partial charge in [-0.25, -0.2) is 21.1 Å². The average Bonchev–Trinajstić information content (AvgIpc) is 3.05. The number of aryl methyl sites for hydroxylation is 2. The van der Waals surface area contributed by atoms with E-state index in [0.29, 0.717) is 9.87 Å². The number of nitrogens with zero attached hydrogens (tertiary/aromatic N) is 1. The number of sulfone groups is 1. The highest BCUT2D eigenvalue weighted by atomic mass is 32.2. The first kappa shape index (κ1) is 31.6. The van der Waals surface area contributed by atoms with Crippen molar-refractivity contribution in [1.82, 2.24) is 0 Å². The molecule has 228 valence electrons. The molecule has 0 radical (unpaired) electrons. The molecule has 0 aromatic heterocycles. The number of amides is 1. The molecule has 45 heavy (non-hydrogen) atoms. The molecule has 0 bridgehead atoms. The first-order valence-electron chi connectivity index (χ1n) is 14.3. The zero-order valence-electron chi connectivity index (χ0n) is 24.9. The van der Waals surface area contributed by atoms with Crippen LogP contribution >= 0.6 is 0 Å². The molecule has 0 fully saturated rings. The SMILES string of the molecule is C=C[C@@H](c1ccccc1)[C@](C(=O)N(c1ccccc1)S(=O)(=O)c1ccc(C)cc1)(c1ccccc1)S(=O)(=O)c1ccc(C)cc1. The van der Waals surface area contributed by atoms with Crippen molar-refractivity contribution < 1.29 is 21.6 Å². The van der Waals surface area contributed by atoms with Gasteiger partial charge in [0.1, 0.15) is 0 Å². The molecule has 5 rings (SSSR count). The lowest BCUT2D eigenvalue weighted by Crippen LogP contribution is -2.56. The largest absolute Gasteiger partial charge is 0.271 e. The van der Waals surface area contributed by atoms with Crippen LogP contribution in [-0.4, -0.2) is 22.7 Å². The van der Waals surface area contributed by atoms with Gasteiger partial charge in [-0.05, 0) is 61.4 Å². The van der Waals surface area contributed by atoms with Gasteiger partial charge in [0.05, 0.1) is 15.5 Å². The molecular weight excluding hydrogens is 603 g/mol. The van der Waals surface area contributed by atoms with E-state index in [2.05, 4.69) is 6.58 Å². The number of hydrogen-bond donors (Lipinski definition) is 0. The molecule has 0 unspecified atom stereocenters. The second-order valence-corrected chi connectivity index (χ2v) is 14.7. The van der Waals surface area contributed by atoms with Crippen molar-refractivity contribution in [2.75, 3.05) is 4.31 Å². The summed E-state index contributed by atoms with van der Waals surface area (Å²) >= 11 is 0. The van der Waals surface area contributed by atoms with E-state index in [1.54, 1.807) is 103 Å². The molecular formula is C37H33NO5S2. The highest BCUT2D eigenvalue weighted by Gasteiger charge is 2.61. The third-order valence-corrected chi connectivity index (χ3v) is 12.0. The van der Waals surface area contributed by atoms with Gasteiger partial charge in [-0.15, -0.1) is 6.58 Å². The topological polar surface area (TPSA) is 88.6 Å². The summed E-state index contributed by atoms with van der Waals surface area (Å²) in [4.78, 5) is 15.3. The molecule has 5 aromatic rings. The molecule has 2 atom stereocenters. The quantitative estimate of drug-likeness (QED) is 0.150. The number of benzene rings is 5. The Hall–Kier alpha value is -4.79. The number of para-hydroxylation sites is 1. The van der Waals surface area contributed by atoms with Gasteiger partial charge in [-0.3, -0.25) is 4.79 Å². The van der Waals surface area contributed by atoms with E-state index in [4.69, 9.17) is 0 Å². The van der Waals surface area contributed by atoms with Crippen LogP contribution in [0.25, 0.3) is 0 Å². The number of rotatable bonds is 10. The Morgan fingerprint density at radius 1 is 0.644 bits per heavy atom. The van der Waals surface area contributed by atoms with E-state index in [-0.39, 0.29) is 21.0 Å². The summed E-state index contributed by atoms with van der Waals surface area (Å²) < 4.78 is 58.0. The Morgan fingerprint density at radius 2 is 1.09 bits per heavy atom. The smallest absolute Gasteiger partial charge is 0.270 e. The molecule has 0 aliphatic carbocycles. The van der Waals surface area contributed by atoms with Gasteiger partial charge < -0.3 is 0 Å². The highest BCUT2D eigenvalue weighted by Crippen LogP contribution is 2.50.